The van der Waals surface area contributed by atoms with Gasteiger partial charge in [-0.1, -0.05) is 44.2 Å². The molecule has 0 aromatic heterocycles. The van der Waals surface area contributed by atoms with Gasteiger partial charge in [0.15, 0.2) is 5.78 Å². The fourth-order valence-corrected chi connectivity index (χ4v) is 4.66. The normalized spacial score (nSPS) is 20.3. The molecule has 0 unspecified atom stereocenters. The van der Waals surface area contributed by atoms with Crippen molar-refractivity contribution in [3.63, 3.8) is 0 Å². The average molecular weight is 419 g/mol. The number of hydrogen-bond donors (Lipinski definition) is 2. The number of ketones is 1. The van der Waals surface area contributed by atoms with E-state index in [4.69, 9.17) is 0 Å². The molecule has 2 aromatic carbocycles. The van der Waals surface area contributed by atoms with E-state index in [1.54, 1.807) is 12.1 Å². The van der Waals surface area contributed by atoms with E-state index in [9.17, 15) is 14.0 Å². The summed E-state index contributed by atoms with van der Waals surface area (Å²) in [5.41, 5.74) is 4.63. The van der Waals surface area contributed by atoms with Crippen LogP contribution in [0.25, 0.3) is 0 Å². The molecule has 1 aliphatic heterocycles. The van der Waals surface area contributed by atoms with Crippen LogP contribution in [0.15, 0.2) is 71.1 Å². The van der Waals surface area contributed by atoms with Crippen molar-refractivity contribution in [1.82, 2.24) is 5.32 Å². The highest BCUT2D eigenvalue weighted by molar-refractivity contribution is 6.10. The lowest BCUT2D eigenvalue weighted by Gasteiger charge is -2.39. The fraction of sp³-hybridized carbons (Fsp3) is 0.308. The van der Waals surface area contributed by atoms with Gasteiger partial charge in [0.25, 0.3) is 5.91 Å². The lowest BCUT2D eigenvalue weighted by atomic mass is 9.68. The molecule has 5 heteroatoms. The maximum Gasteiger partial charge on any atom is 0.254 e. The molecule has 0 saturated heterocycles. The van der Waals surface area contributed by atoms with Crippen molar-refractivity contribution < 1.29 is 14.0 Å². The molecule has 4 nitrogen and oxygen atoms in total. The zero-order valence-electron chi connectivity index (χ0n) is 18.3. The number of Topliss-reactive ketones (excluding diaryl/α,β-unsaturated/α-hetero) is 1. The molecule has 0 radical (unpaired) electrons. The van der Waals surface area contributed by atoms with Crippen LogP contribution in [0.3, 0.4) is 0 Å². The summed E-state index contributed by atoms with van der Waals surface area (Å²) in [6.45, 7) is 7.89. The zero-order chi connectivity index (χ0) is 22.3. The Hall–Kier alpha value is -3.21. The Balaban J connectivity index is 1.83. The summed E-state index contributed by atoms with van der Waals surface area (Å²) in [7, 11) is 0. The van der Waals surface area contributed by atoms with Crippen molar-refractivity contribution in [2.75, 3.05) is 5.32 Å². The van der Waals surface area contributed by atoms with Crippen molar-refractivity contribution in [1.29, 1.82) is 0 Å². The van der Waals surface area contributed by atoms with E-state index in [0.717, 1.165) is 11.3 Å². The van der Waals surface area contributed by atoms with Crippen LogP contribution in [-0.4, -0.2) is 11.7 Å². The molecule has 1 aliphatic carbocycles. The molecule has 0 spiro atoms. The number of dihydropyridines is 1. The number of para-hydroxylation sites is 1. The summed E-state index contributed by atoms with van der Waals surface area (Å²) in [6.07, 6.45) is 1.09. The van der Waals surface area contributed by atoms with E-state index in [1.165, 1.54) is 12.1 Å². The Morgan fingerprint density at radius 2 is 1.84 bits per heavy atom. The number of rotatable bonds is 3. The average Bonchev–Trinajstić information content (AvgIpc) is 2.67. The number of halogens is 1. The van der Waals surface area contributed by atoms with Gasteiger partial charge in [0, 0.05) is 40.6 Å². The van der Waals surface area contributed by atoms with Crippen LogP contribution >= 0.6 is 0 Å². The second-order valence-corrected chi connectivity index (χ2v) is 9.25. The van der Waals surface area contributed by atoms with Gasteiger partial charge >= 0.3 is 0 Å². The number of benzene rings is 2. The lowest BCUT2D eigenvalue weighted by Crippen LogP contribution is -2.39. The number of carbonyl (C=O) groups is 2. The molecule has 1 atom stereocenters. The van der Waals surface area contributed by atoms with Gasteiger partial charge in [-0.2, -0.15) is 0 Å². The Morgan fingerprint density at radius 3 is 2.55 bits per heavy atom. The quantitative estimate of drug-likeness (QED) is 0.704. The largest absolute Gasteiger partial charge is 0.362 e. The van der Waals surface area contributed by atoms with E-state index in [2.05, 4.69) is 24.5 Å². The third-order valence-corrected chi connectivity index (χ3v) is 6.06. The predicted molar refractivity (Wildman–Crippen MR) is 120 cm³/mol. The molecule has 31 heavy (non-hydrogen) atoms. The molecule has 1 heterocycles. The molecule has 2 aromatic rings. The monoisotopic (exact) mass is 418 g/mol. The van der Waals surface area contributed by atoms with Crippen LogP contribution in [0.2, 0.25) is 0 Å². The SMILES string of the molecule is CC1=C(C(=O)Nc2ccccc2C)[C@H](c2cccc(F)c2)C2=C(CC(C)(C)CC2=O)N1. The van der Waals surface area contributed by atoms with Crippen LogP contribution in [0.1, 0.15) is 50.7 Å². The maximum absolute atomic E-state index is 14.2. The van der Waals surface area contributed by atoms with Gasteiger partial charge in [-0.15, -0.1) is 0 Å². The molecule has 0 saturated carbocycles. The van der Waals surface area contributed by atoms with Crippen LogP contribution in [0.5, 0.6) is 0 Å². The van der Waals surface area contributed by atoms with E-state index in [1.807, 2.05) is 38.1 Å². The molecule has 0 fully saturated rings. The minimum atomic E-state index is -0.612. The van der Waals surface area contributed by atoms with Crippen LogP contribution in [0.4, 0.5) is 10.1 Å². The van der Waals surface area contributed by atoms with E-state index >= 15 is 0 Å². The van der Waals surface area contributed by atoms with Crippen LogP contribution in [-0.2, 0) is 9.59 Å². The van der Waals surface area contributed by atoms with Gasteiger partial charge < -0.3 is 10.6 Å². The van der Waals surface area contributed by atoms with Gasteiger partial charge in [0.2, 0.25) is 0 Å². The van der Waals surface area contributed by atoms with Gasteiger partial charge in [-0.3, -0.25) is 9.59 Å². The number of amides is 1. The third-order valence-electron chi connectivity index (χ3n) is 6.06. The highest BCUT2D eigenvalue weighted by atomic mass is 19.1. The molecular weight excluding hydrogens is 391 g/mol. The Labute approximate surface area is 182 Å². The summed E-state index contributed by atoms with van der Waals surface area (Å²) in [4.78, 5) is 26.7. The van der Waals surface area contributed by atoms with Crippen molar-refractivity contribution in [2.45, 2.75) is 46.5 Å². The topological polar surface area (TPSA) is 58.2 Å². The van der Waals surface area contributed by atoms with Crippen molar-refractivity contribution >= 4 is 17.4 Å². The number of carbonyl (C=O) groups excluding carboxylic acids is 2. The van der Waals surface area contributed by atoms with E-state index < -0.39 is 11.7 Å². The minimum Gasteiger partial charge on any atom is -0.362 e. The molecule has 0 bridgehead atoms. The van der Waals surface area contributed by atoms with Gasteiger partial charge in [0.1, 0.15) is 5.82 Å². The highest BCUT2D eigenvalue weighted by Gasteiger charge is 2.42. The standard InChI is InChI=1S/C26H27FN2O2/c1-15-8-5-6-11-19(15)29-25(31)22-16(2)28-20-13-26(3,4)14-21(30)24(20)23(22)17-9-7-10-18(27)12-17/h5-12,23,28H,13-14H2,1-4H3,(H,29,31)/t23-/m0/s1. The van der Waals surface area contributed by atoms with Crippen molar-refractivity contribution in [3.8, 4) is 0 Å². The third kappa shape index (κ3) is 4.05. The van der Waals surface area contributed by atoms with Crippen LogP contribution in [0, 0.1) is 18.2 Å². The first-order valence-electron chi connectivity index (χ1n) is 10.5. The minimum absolute atomic E-state index is 0.00158. The second-order valence-electron chi connectivity index (χ2n) is 9.25. The Bertz CT molecular complexity index is 1140. The summed E-state index contributed by atoms with van der Waals surface area (Å²) in [5.74, 6) is -1.29. The van der Waals surface area contributed by atoms with E-state index in [-0.39, 0.29) is 17.1 Å². The molecule has 4 rings (SSSR count). The molecule has 160 valence electrons. The first-order valence-corrected chi connectivity index (χ1v) is 10.5. The van der Waals surface area contributed by atoms with E-state index in [0.29, 0.717) is 40.9 Å². The lowest BCUT2D eigenvalue weighted by molar-refractivity contribution is -0.118. The summed E-state index contributed by atoms with van der Waals surface area (Å²) < 4.78 is 14.2. The van der Waals surface area contributed by atoms with Crippen molar-refractivity contribution in [2.24, 2.45) is 5.41 Å². The number of aryl methyl sites for hydroxylation is 1. The van der Waals surface area contributed by atoms with Gasteiger partial charge in [-0.25, -0.2) is 4.39 Å². The first kappa shape index (κ1) is 21.0. The number of hydrogen-bond acceptors (Lipinski definition) is 3. The fourth-order valence-electron chi connectivity index (χ4n) is 4.66. The smallest absolute Gasteiger partial charge is 0.254 e. The second kappa shape index (κ2) is 7.80. The summed E-state index contributed by atoms with van der Waals surface area (Å²) >= 11 is 0. The summed E-state index contributed by atoms with van der Waals surface area (Å²) in [5, 5.41) is 6.32. The zero-order valence-corrected chi connectivity index (χ0v) is 18.3. The highest BCUT2D eigenvalue weighted by Crippen LogP contribution is 2.46. The van der Waals surface area contributed by atoms with Gasteiger partial charge in [-0.05, 0) is 55.0 Å². The molecule has 2 N–H and O–H groups in total. The first-order chi connectivity index (χ1) is 14.7. The predicted octanol–water partition coefficient (Wildman–Crippen LogP) is 5.38. The summed E-state index contributed by atoms with van der Waals surface area (Å²) in [6, 6.07) is 13.7. The van der Waals surface area contributed by atoms with Gasteiger partial charge in [0.05, 0.1) is 0 Å². The molecular formula is C26H27FN2O2. The number of anilines is 1. The molecule has 1 amide bonds. The van der Waals surface area contributed by atoms with Crippen LogP contribution < -0.4 is 10.6 Å². The Morgan fingerprint density at radius 1 is 1.10 bits per heavy atom. The Kier molecular flexibility index (Phi) is 5.29. The molecule has 2 aliphatic rings. The number of allylic oxidation sites excluding steroid dienone is 3. The van der Waals surface area contributed by atoms with Crippen molar-refractivity contribution in [3.05, 3.63) is 88.0 Å². The number of nitrogens with one attached hydrogen (secondary N) is 2. The maximum atomic E-state index is 14.2.